The van der Waals surface area contributed by atoms with Gasteiger partial charge < -0.3 is 14.3 Å². The lowest BCUT2D eigenvalue weighted by Crippen LogP contribution is -2.38. The maximum atomic E-state index is 11.1. The number of hydrogen-bond acceptors (Lipinski definition) is 2. The van der Waals surface area contributed by atoms with E-state index in [0.717, 1.165) is 11.0 Å². The molecule has 1 N–H and O–H groups in total. The van der Waals surface area contributed by atoms with Gasteiger partial charge in [0.05, 0.1) is 27.7 Å². The van der Waals surface area contributed by atoms with Gasteiger partial charge in [-0.2, -0.15) is 0 Å². The molecular weight excluding hydrogens is 218 g/mol. The molecule has 1 aromatic rings. The second-order valence-electron chi connectivity index (χ2n) is 5.01. The van der Waals surface area contributed by atoms with Gasteiger partial charge in [-0.1, -0.05) is 30.3 Å². The van der Waals surface area contributed by atoms with Gasteiger partial charge >= 0.3 is 5.97 Å². The van der Waals surface area contributed by atoms with E-state index in [2.05, 4.69) is 0 Å². The molecule has 0 aliphatic heterocycles. The highest BCUT2D eigenvalue weighted by Gasteiger charge is 2.21. The molecule has 0 radical (unpaired) electrons. The van der Waals surface area contributed by atoms with E-state index in [1.165, 1.54) is 0 Å². The van der Waals surface area contributed by atoms with Gasteiger partial charge in [0.25, 0.3) is 0 Å². The number of quaternary nitrogens is 1. The first kappa shape index (κ1) is 13.7. The van der Waals surface area contributed by atoms with Crippen LogP contribution in [0.5, 0.6) is 0 Å². The fourth-order valence-electron chi connectivity index (χ4n) is 1.38. The first-order chi connectivity index (χ1) is 7.90. The van der Waals surface area contributed by atoms with Gasteiger partial charge in [-0.25, -0.2) is 4.79 Å². The van der Waals surface area contributed by atoms with Gasteiger partial charge in [0, 0.05) is 0 Å². The number of hydrogen-bond donors (Lipinski definition) is 1. The zero-order valence-electron chi connectivity index (χ0n) is 10.6. The summed E-state index contributed by atoms with van der Waals surface area (Å²) in [4.78, 5) is 11.1. The van der Waals surface area contributed by atoms with Gasteiger partial charge in [0.15, 0.2) is 6.10 Å². The summed E-state index contributed by atoms with van der Waals surface area (Å²) in [5.41, 5.74) is 0.682. The minimum Gasteiger partial charge on any atom is -0.479 e. The lowest BCUT2D eigenvalue weighted by atomic mass is 10.1. The van der Waals surface area contributed by atoms with Crippen molar-refractivity contribution >= 4 is 5.97 Å². The van der Waals surface area contributed by atoms with Crippen LogP contribution < -0.4 is 0 Å². The molecule has 0 amide bonds. The molecule has 0 fully saturated rings. The summed E-state index contributed by atoms with van der Waals surface area (Å²) in [6.45, 7) is 1.20. The Labute approximate surface area is 102 Å². The Bertz CT molecular complexity index is 357. The van der Waals surface area contributed by atoms with Gasteiger partial charge in [-0.05, 0) is 5.56 Å². The summed E-state index contributed by atoms with van der Waals surface area (Å²) in [6, 6.07) is 9.02. The number of nitrogens with zero attached hydrogens (tertiary/aromatic N) is 1. The normalized spacial score (nSPS) is 13.4. The van der Waals surface area contributed by atoms with E-state index in [1.807, 2.05) is 39.3 Å². The maximum Gasteiger partial charge on any atom is 0.337 e. The van der Waals surface area contributed by atoms with Crippen LogP contribution in [0.2, 0.25) is 0 Å². The van der Waals surface area contributed by atoms with Crippen molar-refractivity contribution in [2.24, 2.45) is 0 Å². The first-order valence-electron chi connectivity index (χ1n) is 5.60. The predicted molar refractivity (Wildman–Crippen MR) is 65.7 cm³/mol. The minimum absolute atomic E-state index is 0.426. The number of benzene rings is 1. The molecule has 0 saturated carbocycles. The molecule has 0 aliphatic rings. The molecular formula is C13H20NO3+. The molecule has 1 aromatic carbocycles. The van der Waals surface area contributed by atoms with E-state index in [9.17, 15) is 4.79 Å². The molecule has 4 nitrogen and oxygen atoms in total. The van der Waals surface area contributed by atoms with Crippen LogP contribution in [0, 0.1) is 0 Å². The SMILES string of the molecule is C[N+](C)(C)CCOC(C(=O)O)c1ccccc1. The van der Waals surface area contributed by atoms with E-state index in [1.54, 1.807) is 12.1 Å². The molecule has 1 rings (SSSR count). The van der Waals surface area contributed by atoms with E-state index in [-0.39, 0.29) is 0 Å². The van der Waals surface area contributed by atoms with Gasteiger partial charge in [0.1, 0.15) is 6.54 Å². The van der Waals surface area contributed by atoms with Crippen molar-refractivity contribution < 1.29 is 19.1 Å². The third kappa shape index (κ3) is 4.97. The molecule has 1 unspecified atom stereocenters. The van der Waals surface area contributed by atoms with Crippen LogP contribution in [0.25, 0.3) is 0 Å². The fourth-order valence-corrected chi connectivity index (χ4v) is 1.38. The molecule has 0 aliphatic carbocycles. The summed E-state index contributed by atoms with van der Waals surface area (Å²) >= 11 is 0. The van der Waals surface area contributed by atoms with E-state index in [4.69, 9.17) is 9.84 Å². The van der Waals surface area contributed by atoms with E-state index in [0.29, 0.717) is 12.2 Å². The highest BCUT2D eigenvalue weighted by Crippen LogP contribution is 2.17. The summed E-state index contributed by atoms with van der Waals surface area (Å²) in [6.07, 6.45) is -0.872. The first-order valence-corrected chi connectivity index (χ1v) is 5.60. The number of ether oxygens (including phenoxy) is 1. The Hall–Kier alpha value is -1.39. The Morgan fingerprint density at radius 3 is 2.35 bits per heavy atom. The molecule has 0 saturated heterocycles. The molecule has 1 atom stereocenters. The van der Waals surface area contributed by atoms with Crippen LogP contribution in [0.3, 0.4) is 0 Å². The van der Waals surface area contributed by atoms with Crippen molar-refractivity contribution in [3.63, 3.8) is 0 Å². The predicted octanol–water partition coefficient (Wildman–Crippen LogP) is 1.54. The summed E-state index contributed by atoms with van der Waals surface area (Å²) in [5, 5.41) is 9.13. The van der Waals surface area contributed by atoms with Gasteiger partial charge in [0.2, 0.25) is 0 Å². The van der Waals surface area contributed by atoms with Gasteiger partial charge in [-0.3, -0.25) is 0 Å². The molecule has 0 spiro atoms. The molecule has 4 heteroatoms. The Morgan fingerprint density at radius 1 is 1.29 bits per heavy atom. The van der Waals surface area contributed by atoms with Crippen LogP contribution in [0.1, 0.15) is 11.7 Å². The standard InChI is InChI=1S/C13H19NO3/c1-14(2,3)9-10-17-12(13(15)16)11-7-5-4-6-8-11/h4-8,12H,9-10H2,1-3H3/p+1. The average Bonchev–Trinajstić information content (AvgIpc) is 2.23. The van der Waals surface area contributed by atoms with Crippen LogP contribution >= 0.6 is 0 Å². The summed E-state index contributed by atoms with van der Waals surface area (Å²) in [5.74, 6) is -0.947. The van der Waals surface area contributed by atoms with E-state index >= 15 is 0 Å². The van der Waals surface area contributed by atoms with Crippen LogP contribution in [0.15, 0.2) is 30.3 Å². The highest BCUT2D eigenvalue weighted by molar-refractivity contribution is 5.74. The number of carbonyl (C=O) groups is 1. The molecule has 94 valence electrons. The number of aliphatic carboxylic acids is 1. The van der Waals surface area contributed by atoms with Crippen LogP contribution in [-0.2, 0) is 9.53 Å². The largest absolute Gasteiger partial charge is 0.479 e. The van der Waals surface area contributed by atoms with Crippen LogP contribution in [0.4, 0.5) is 0 Å². The van der Waals surface area contributed by atoms with Crippen molar-refractivity contribution in [1.29, 1.82) is 0 Å². The number of carboxylic acids is 1. The monoisotopic (exact) mass is 238 g/mol. The van der Waals surface area contributed by atoms with E-state index < -0.39 is 12.1 Å². The highest BCUT2D eigenvalue weighted by atomic mass is 16.5. The quantitative estimate of drug-likeness (QED) is 0.765. The summed E-state index contributed by atoms with van der Waals surface area (Å²) < 4.78 is 6.20. The summed E-state index contributed by atoms with van der Waals surface area (Å²) in [7, 11) is 6.13. The fraction of sp³-hybridized carbons (Fsp3) is 0.462. The maximum absolute atomic E-state index is 11.1. The van der Waals surface area contributed by atoms with Crippen LogP contribution in [-0.4, -0.2) is 49.9 Å². The second-order valence-corrected chi connectivity index (χ2v) is 5.01. The van der Waals surface area contributed by atoms with Gasteiger partial charge in [-0.15, -0.1) is 0 Å². The number of likely N-dealkylation sites (N-methyl/N-ethyl adjacent to an activating group) is 1. The number of carboxylic acid groups (broad SMARTS) is 1. The Kier molecular flexibility index (Phi) is 4.66. The zero-order valence-corrected chi connectivity index (χ0v) is 10.6. The lowest BCUT2D eigenvalue weighted by molar-refractivity contribution is -0.870. The van der Waals surface area contributed by atoms with Crippen molar-refractivity contribution in [3.8, 4) is 0 Å². The smallest absolute Gasteiger partial charge is 0.337 e. The third-order valence-electron chi connectivity index (χ3n) is 2.37. The van der Waals surface area contributed by atoms with Crippen molar-refractivity contribution in [2.45, 2.75) is 6.10 Å². The van der Waals surface area contributed by atoms with Crippen molar-refractivity contribution in [3.05, 3.63) is 35.9 Å². The topological polar surface area (TPSA) is 46.5 Å². The third-order valence-corrected chi connectivity index (χ3v) is 2.37. The molecule has 17 heavy (non-hydrogen) atoms. The van der Waals surface area contributed by atoms with Crippen molar-refractivity contribution in [1.82, 2.24) is 0 Å². The molecule has 0 bridgehead atoms. The minimum atomic E-state index is -0.947. The lowest BCUT2D eigenvalue weighted by Gasteiger charge is -2.24. The number of rotatable bonds is 6. The Balaban J connectivity index is 2.60. The zero-order chi connectivity index (χ0) is 12.9. The Morgan fingerprint density at radius 2 is 1.88 bits per heavy atom. The van der Waals surface area contributed by atoms with Crippen molar-refractivity contribution in [2.75, 3.05) is 34.3 Å². The molecule has 0 heterocycles. The second kappa shape index (κ2) is 5.80. The average molecular weight is 238 g/mol. The molecule has 0 aromatic heterocycles.